The summed E-state index contributed by atoms with van der Waals surface area (Å²) in [5, 5.41) is 23.5. The Labute approximate surface area is 166 Å². The number of benzene rings is 2. The minimum Gasteiger partial charge on any atom is -0.394 e. The first-order valence-corrected chi connectivity index (χ1v) is 9.11. The number of halogens is 2. The predicted molar refractivity (Wildman–Crippen MR) is 103 cm³/mol. The number of rotatable bonds is 6. The van der Waals surface area contributed by atoms with Crippen molar-refractivity contribution in [3.05, 3.63) is 59.4 Å². The van der Waals surface area contributed by atoms with Crippen LogP contribution in [-0.2, 0) is 0 Å². The van der Waals surface area contributed by atoms with Gasteiger partial charge in [-0.1, -0.05) is 13.8 Å². The van der Waals surface area contributed by atoms with Crippen molar-refractivity contribution in [1.29, 1.82) is 0 Å². The van der Waals surface area contributed by atoms with Gasteiger partial charge in [0.25, 0.3) is 5.91 Å². The average Bonchev–Trinajstić information content (AvgIpc) is 3.17. The lowest BCUT2D eigenvalue weighted by atomic mass is 10.0. The van der Waals surface area contributed by atoms with E-state index in [4.69, 9.17) is 0 Å². The first kappa shape index (κ1) is 20.5. The molecule has 9 heteroatoms. The fourth-order valence-corrected chi connectivity index (χ4v) is 2.83. The molecule has 0 unspecified atom stereocenters. The average molecular weight is 401 g/mol. The molecule has 1 heterocycles. The molecule has 3 aromatic rings. The van der Waals surface area contributed by atoms with Crippen LogP contribution in [0.3, 0.4) is 0 Å². The Balaban J connectivity index is 2.16. The molecule has 0 aliphatic heterocycles. The number of carbonyl (C=O) groups is 1. The van der Waals surface area contributed by atoms with Gasteiger partial charge < -0.3 is 10.4 Å². The van der Waals surface area contributed by atoms with Crippen LogP contribution >= 0.6 is 0 Å². The van der Waals surface area contributed by atoms with E-state index in [2.05, 4.69) is 20.8 Å². The summed E-state index contributed by atoms with van der Waals surface area (Å²) >= 11 is 0. The van der Waals surface area contributed by atoms with Crippen molar-refractivity contribution >= 4 is 5.91 Å². The normalized spacial score (nSPS) is 12.2. The van der Waals surface area contributed by atoms with Gasteiger partial charge in [0.1, 0.15) is 11.6 Å². The molecule has 0 saturated heterocycles. The molecule has 3 rings (SSSR count). The van der Waals surface area contributed by atoms with Gasteiger partial charge in [-0.3, -0.25) is 4.79 Å². The van der Waals surface area contributed by atoms with Crippen LogP contribution in [0, 0.1) is 11.6 Å². The van der Waals surface area contributed by atoms with Crippen molar-refractivity contribution in [3.63, 3.8) is 0 Å². The van der Waals surface area contributed by atoms with Gasteiger partial charge in [-0.05, 0) is 53.2 Å². The molecule has 0 fully saturated rings. The van der Waals surface area contributed by atoms with Gasteiger partial charge in [0.2, 0.25) is 0 Å². The molecule has 29 heavy (non-hydrogen) atoms. The molecule has 152 valence electrons. The summed E-state index contributed by atoms with van der Waals surface area (Å²) < 4.78 is 29.2. The summed E-state index contributed by atoms with van der Waals surface area (Å²) in [5.41, 5.74) is 1.19. The van der Waals surface area contributed by atoms with Crippen molar-refractivity contribution < 1.29 is 18.7 Å². The van der Waals surface area contributed by atoms with Gasteiger partial charge in [-0.15, -0.1) is 5.10 Å². The number of amides is 1. The summed E-state index contributed by atoms with van der Waals surface area (Å²) in [6, 6.07) is 7.48. The first-order chi connectivity index (χ1) is 13.8. The predicted octanol–water partition coefficient (Wildman–Crippen LogP) is 2.84. The maximum atomic E-state index is 14.4. The van der Waals surface area contributed by atoms with Gasteiger partial charge in [0.15, 0.2) is 5.82 Å². The largest absolute Gasteiger partial charge is 0.394 e. The highest BCUT2D eigenvalue weighted by Crippen LogP contribution is 2.28. The zero-order valence-electron chi connectivity index (χ0n) is 16.2. The smallest absolute Gasteiger partial charge is 0.251 e. The van der Waals surface area contributed by atoms with E-state index >= 15 is 0 Å². The molecule has 7 nitrogen and oxygen atoms in total. The summed E-state index contributed by atoms with van der Waals surface area (Å²) in [6.45, 7) is 5.26. The number of tetrazole rings is 1. The van der Waals surface area contributed by atoms with Crippen LogP contribution in [0.4, 0.5) is 8.78 Å². The van der Waals surface area contributed by atoms with E-state index in [9.17, 15) is 18.7 Å². The number of hydrogen-bond donors (Lipinski definition) is 2. The van der Waals surface area contributed by atoms with E-state index in [1.54, 1.807) is 19.1 Å². The van der Waals surface area contributed by atoms with Crippen LogP contribution in [0.15, 0.2) is 36.4 Å². The lowest BCUT2D eigenvalue weighted by molar-refractivity contribution is 0.0922. The van der Waals surface area contributed by atoms with E-state index in [0.29, 0.717) is 17.1 Å². The fraction of sp³-hybridized carbons (Fsp3) is 0.300. The molecule has 1 atom stereocenters. The quantitative estimate of drug-likeness (QED) is 0.663. The molecule has 2 N–H and O–H groups in total. The topological polar surface area (TPSA) is 92.9 Å². The molecular weight excluding hydrogens is 380 g/mol. The molecule has 0 saturated carbocycles. The molecule has 0 aliphatic rings. The van der Waals surface area contributed by atoms with Gasteiger partial charge >= 0.3 is 0 Å². The van der Waals surface area contributed by atoms with E-state index in [0.717, 1.165) is 12.1 Å². The summed E-state index contributed by atoms with van der Waals surface area (Å²) in [5.74, 6) is -1.33. The maximum absolute atomic E-state index is 14.4. The SMILES string of the molecule is CC(C)c1nnnn1-c1cc(C(=O)N[C@@H](C)CO)cc(-c2ccc(F)cc2F)c1. The second-order valence-corrected chi connectivity index (χ2v) is 7.05. The van der Waals surface area contributed by atoms with E-state index in [1.165, 1.54) is 16.8 Å². The first-order valence-electron chi connectivity index (χ1n) is 9.11. The Morgan fingerprint density at radius 1 is 1.17 bits per heavy atom. The summed E-state index contributed by atoms with van der Waals surface area (Å²) in [7, 11) is 0. The molecule has 2 aromatic carbocycles. The van der Waals surface area contributed by atoms with Crippen LogP contribution in [0.1, 0.15) is 42.9 Å². The third-order valence-electron chi connectivity index (χ3n) is 4.33. The minimum atomic E-state index is -0.752. The zero-order chi connectivity index (χ0) is 21.1. The Morgan fingerprint density at radius 2 is 1.93 bits per heavy atom. The van der Waals surface area contributed by atoms with Gasteiger partial charge in [-0.25, -0.2) is 8.78 Å². The second kappa shape index (κ2) is 8.44. The zero-order valence-corrected chi connectivity index (χ0v) is 16.2. The van der Waals surface area contributed by atoms with Crippen molar-refractivity contribution in [3.8, 4) is 16.8 Å². The van der Waals surface area contributed by atoms with E-state index < -0.39 is 23.6 Å². The van der Waals surface area contributed by atoms with Crippen LogP contribution in [0.25, 0.3) is 16.8 Å². The van der Waals surface area contributed by atoms with Crippen molar-refractivity contribution in [2.24, 2.45) is 0 Å². The van der Waals surface area contributed by atoms with Crippen molar-refractivity contribution in [1.82, 2.24) is 25.5 Å². The molecule has 0 spiro atoms. The molecule has 1 aromatic heterocycles. The Bertz CT molecular complexity index is 1040. The monoisotopic (exact) mass is 401 g/mol. The third kappa shape index (κ3) is 4.45. The summed E-state index contributed by atoms with van der Waals surface area (Å²) in [4.78, 5) is 12.6. The second-order valence-electron chi connectivity index (χ2n) is 7.05. The Kier molecular flexibility index (Phi) is 5.97. The molecule has 0 aliphatic carbocycles. The lowest BCUT2D eigenvalue weighted by Crippen LogP contribution is -2.35. The van der Waals surface area contributed by atoms with Gasteiger partial charge in [0, 0.05) is 29.2 Å². The highest BCUT2D eigenvalue weighted by atomic mass is 19.1. The number of aliphatic hydroxyl groups excluding tert-OH is 1. The standard InChI is InChI=1S/C20H21F2N5O2/c1-11(2)19-24-25-26-27(19)16-7-13(17-5-4-15(21)9-18(17)22)6-14(8-16)20(29)23-12(3)10-28/h4-9,11-12,28H,10H2,1-3H3,(H,23,29)/t12-/m0/s1. The molecule has 1 amide bonds. The number of carbonyl (C=O) groups excluding carboxylic acids is 1. The van der Waals surface area contributed by atoms with E-state index in [1.807, 2.05) is 13.8 Å². The van der Waals surface area contributed by atoms with Gasteiger partial charge in [-0.2, -0.15) is 4.68 Å². The minimum absolute atomic E-state index is 0.00269. The van der Waals surface area contributed by atoms with Crippen LogP contribution in [0.2, 0.25) is 0 Å². The Hall–Kier alpha value is -3.20. The number of hydrogen-bond acceptors (Lipinski definition) is 5. The van der Waals surface area contributed by atoms with Crippen LogP contribution in [0.5, 0.6) is 0 Å². The molecule has 0 bridgehead atoms. The van der Waals surface area contributed by atoms with Crippen LogP contribution < -0.4 is 5.32 Å². The highest BCUT2D eigenvalue weighted by molar-refractivity contribution is 5.96. The maximum Gasteiger partial charge on any atom is 0.251 e. The van der Waals surface area contributed by atoms with Crippen LogP contribution in [-0.4, -0.2) is 43.9 Å². The third-order valence-corrected chi connectivity index (χ3v) is 4.33. The number of nitrogens with one attached hydrogen (secondary N) is 1. The van der Waals surface area contributed by atoms with Crippen molar-refractivity contribution in [2.75, 3.05) is 6.61 Å². The number of aliphatic hydroxyl groups is 1. The Morgan fingerprint density at radius 3 is 2.59 bits per heavy atom. The van der Waals surface area contributed by atoms with E-state index in [-0.39, 0.29) is 23.7 Å². The number of aromatic nitrogens is 4. The summed E-state index contributed by atoms with van der Waals surface area (Å²) in [6.07, 6.45) is 0. The van der Waals surface area contributed by atoms with Gasteiger partial charge in [0.05, 0.1) is 12.3 Å². The molecule has 0 radical (unpaired) electrons. The lowest BCUT2D eigenvalue weighted by Gasteiger charge is -2.14. The molecular formula is C20H21F2N5O2. The highest BCUT2D eigenvalue weighted by Gasteiger charge is 2.18. The van der Waals surface area contributed by atoms with Crippen molar-refractivity contribution in [2.45, 2.75) is 32.7 Å². The number of nitrogens with zero attached hydrogens (tertiary/aromatic N) is 4. The fourth-order valence-electron chi connectivity index (χ4n) is 2.83.